The second-order valence-corrected chi connectivity index (χ2v) is 9.07. The van der Waals surface area contributed by atoms with Crippen LogP contribution < -0.4 is 14.2 Å². The standard InChI is InChI=1S/C25H31N5O4S/c1-15-19(16(2)30-24(26-15)27-25(28-30)35-6)7-8-22(31)29-11-9-17(10-12-29)23-20(33-4)13-18(32-3)14-21(23)34-5/h9,13-14H,7-8,10-12H2,1-6H3. The van der Waals surface area contributed by atoms with E-state index in [4.69, 9.17) is 14.2 Å². The number of carbonyl (C=O) groups is 1. The van der Waals surface area contributed by atoms with Gasteiger partial charge in [-0.1, -0.05) is 17.8 Å². The van der Waals surface area contributed by atoms with Crippen molar-refractivity contribution in [3.63, 3.8) is 0 Å². The molecule has 0 atom stereocenters. The van der Waals surface area contributed by atoms with Crippen LogP contribution in [0.15, 0.2) is 23.4 Å². The van der Waals surface area contributed by atoms with Crippen LogP contribution in [0.5, 0.6) is 17.2 Å². The summed E-state index contributed by atoms with van der Waals surface area (Å²) < 4.78 is 18.3. The van der Waals surface area contributed by atoms with E-state index in [2.05, 4.69) is 21.1 Å². The van der Waals surface area contributed by atoms with Crippen molar-refractivity contribution >= 4 is 29.0 Å². The minimum absolute atomic E-state index is 0.122. The molecular formula is C25H31N5O4S. The zero-order chi connectivity index (χ0) is 25.1. The molecule has 1 amide bonds. The normalized spacial score (nSPS) is 13.7. The first-order valence-electron chi connectivity index (χ1n) is 11.4. The number of nitrogens with zero attached hydrogens (tertiary/aromatic N) is 5. The lowest BCUT2D eigenvalue weighted by Gasteiger charge is -2.28. The summed E-state index contributed by atoms with van der Waals surface area (Å²) in [6.45, 7) is 5.15. The number of amides is 1. The Morgan fingerprint density at radius 1 is 1.09 bits per heavy atom. The molecule has 4 rings (SSSR count). The molecule has 35 heavy (non-hydrogen) atoms. The Hall–Kier alpha value is -3.27. The monoisotopic (exact) mass is 497 g/mol. The minimum Gasteiger partial charge on any atom is -0.496 e. The van der Waals surface area contributed by atoms with Crippen LogP contribution in [-0.2, 0) is 11.2 Å². The Morgan fingerprint density at radius 2 is 1.80 bits per heavy atom. The Balaban J connectivity index is 1.47. The Morgan fingerprint density at radius 3 is 2.37 bits per heavy atom. The molecule has 0 unspecified atom stereocenters. The van der Waals surface area contributed by atoms with Crippen LogP contribution in [-0.4, -0.2) is 71.1 Å². The van der Waals surface area contributed by atoms with E-state index in [1.807, 2.05) is 37.1 Å². The van der Waals surface area contributed by atoms with Gasteiger partial charge in [-0.2, -0.15) is 4.98 Å². The van der Waals surface area contributed by atoms with Gasteiger partial charge in [-0.3, -0.25) is 4.79 Å². The lowest BCUT2D eigenvalue weighted by Crippen LogP contribution is -2.35. The zero-order valence-electron chi connectivity index (χ0n) is 21.0. The molecule has 3 aromatic rings. The number of hydrogen-bond acceptors (Lipinski definition) is 8. The van der Waals surface area contributed by atoms with E-state index >= 15 is 0 Å². The Kier molecular flexibility index (Phi) is 7.49. The molecule has 1 aliphatic heterocycles. The molecule has 9 nitrogen and oxygen atoms in total. The highest BCUT2D eigenvalue weighted by Crippen LogP contribution is 2.40. The molecule has 1 aliphatic rings. The van der Waals surface area contributed by atoms with Crippen LogP contribution >= 0.6 is 11.8 Å². The van der Waals surface area contributed by atoms with Crippen LogP contribution in [0, 0.1) is 13.8 Å². The van der Waals surface area contributed by atoms with Crippen molar-refractivity contribution in [2.45, 2.75) is 38.3 Å². The lowest BCUT2D eigenvalue weighted by molar-refractivity contribution is -0.130. The van der Waals surface area contributed by atoms with E-state index in [9.17, 15) is 4.79 Å². The van der Waals surface area contributed by atoms with Gasteiger partial charge in [0, 0.05) is 43.0 Å². The summed E-state index contributed by atoms with van der Waals surface area (Å²) in [6.07, 6.45) is 5.76. The maximum Gasteiger partial charge on any atom is 0.253 e. The van der Waals surface area contributed by atoms with Gasteiger partial charge >= 0.3 is 0 Å². The molecule has 0 radical (unpaired) electrons. The van der Waals surface area contributed by atoms with Gasteiger partial charge in [0.15, 0.2) is 0 Å². The highest BCUT2D eigenvalue weighted by molar-refractivity contribution is 7.98. The third-order valence-electron chi connectivity index (χ3n) is 6.40. The average molecular weight is 498 g/mol. The number of fused-ring (bicyclic) bond motifs is 1. The summed E-state index contributed by atoms with van der Waals surface area (Å²) in [5.74, 6) is 2.77. The largest absolute Gasteiger partial charge is 0.496 e. The van der Waals surface area contributed by atoms with Crippen molar-refractivity contribution in [3.05, 3.63) is 40.7 Å². The molecule has 0 spiro atoms. The van der Waals surface area contributed by atoms with Crippen molar-refractivity contribution in [1.29, 1.82) is 0 Å². The maximum absolute atomic E-state index is 13.1. The van der Waals surface area contributed by atoms with Crippen LogP contribution in [0.4, 0.5) is 0 Å². The minimum atomic E-state index is 0.122. The fourth-order valence-corrected chi connectivity index (χ4v) is 4.81. The third kappa shape index (κ3) is 4.93. The van der Waals surface area contributed by atoms with Crippen molar-refractivity contribution in [1.82, 2.24) is 24.5 Å². The number of ether oxygens (including phenoxy) is 3. The van der Waals surface area contributed by atoms with Crippen LogP contribution in [0.25, 0.3) is 11.4 Å². The van der Waals surface area contributed by atoms with Crippen molar-refractivity contribution < 1.29 is 19.0 Å². The summed E-state index contributed by atoms with van der Waals surface area (Å²) in [4.78, 5) is 24.0. The Labute approximate surface area is 209 Å². The molecule has 0 aliphatic carbocycles. The van der Waals surface area contributed by atoms with Gasteiger partial charge < -0.3 is 19.1 Å². The summed E-state index contributed by atoms with van der Waals surface area (Å²) in [5, 5.41) is 5.19. The van der Waals surface area contributed by atoms with E-state index in [0.717, 1.165) is 28.1 Å². The highest BCUT2D eigenvalue weighted by atomic mass is 32.2. The molecule has 0 bridgehead atoms. The first-order chi connectivity index (χ1) is 16.9. The second-order valence-electron chi connectivity index (χ2n) is 8.30. The maximum atomic E-state index is 13.1. The van der Waals surface area contributed by atoms with Crippen molar-refractivity contribution in [2.75, 3.05) is 40.7 Å². The average Bonchev–Trinajstić information content (AvgIpc) is 3.30. The second kappa shape index (κ2) is 10.6. The van der Waals surface area contributed by atoms with E-state index in [1.54, 1.807) is 25.8 Å². The summed E-state index contributed by atoms with van der Waals surface area (Å²) in [5.41, 5.74) is 4.92. The molecule has 2 aromatic heterocycles. The number of aryl methyl sites for hydroxylation is 2. The molecule has 0 N–H and O–H groups in total. The number of methoxy groups -OCH3 is 3. The van der Waals surface area contributed by atoms with Gasteiger partial charge in [0.1, 0.15) is 17.2 Å². The first-order valence-corrected chi connectivity index (χ1v) is 12.7. The fourth-order valence-electron chi connectivity index (χ4n) is 4.47. The number of thioether (sulfide) groups is 1. The number of benzene rings is 1. The van der Waals surface area contributed by atoms with E-state index in [1.165, 1.54) is 11.8 Å². The molecule has 0 saturated carbocycles. The van der Waals surface area contributed by atoms with Gasteiger partial charge in [0.05, 0.1) is 26.9 Å². The molecule has 186 valence electrons. The van der Waals surface area contributed by atoms with E-state index in [-0.39, 0.29) is 5.91 Å². The zero-order valence-corrected chi connectivity index (χ0v) is 21.9. The highest BCUT2D eigenvalue weighted by Gasteiger charge is 2.23. The Bertz CT molecular complexity index is 1260. The van der Waals surface area contributed by atoms with Crippen LogP contribution in [0.3, 0.4) is 0 Å². The lowest BCUT2D eigenvalue weighted by atomic mass is 9.96. The first kappa shape index (κ1) is 24.8. The van der Waals surface area contributed by atoms with Gasteiger partial charge in [-0.25, -0.2) is 9.50 Å². The number of aromatic nitrogens is 4. The molecule has 1 aromatic carbocycles. The smallest absolute Gasteiger partial charge is 0.253 e. The number of hydrogen-bond donors (Lipinski definition) is 0. The molecule has 10 heteroatoms. The van der Waals surface area contributed by atoms with Crippen LogP contribution in [0.1, 0.15) is 35.4 Å². The number of rotatable bonds is 8. The van der Waals surface area contributed by atoms with Gasteiger partial charge in [-0.05, 0) is 44.1 Å². The summed E-state index contributed by atoms with van der Waals surface area (Å²) in [7, 11) is 4.88. The molecule has 3 heterocycles. The van der Waals surface area contributed by atoms with Gasteiger partial charge in [0.25, 0.3) is 5.78 Å². The molecule has 0 fully saturated rings. The van der Waals surface area contributed by atoms with Crippen LogP contribution in [0.2, 0.25) is 0 Å². The quantitative estimate of drug-likeness (QED) is 0.435. The van der Waals surface area contributed by atoms with E-state index in [0.29, 0.717) is 60.5 Å². The molecular weight excluding hydrogens is 466 g/mol. The summed E-state index contributed by atoms with van der Waals surface area (Å²) in [6, 6.07) is 3.70. The predicted octanol–water partition coefficient (Wildman–Crippen LogP) is 3.74. The van der Waals surface area contributed by atoms with Gasteiger partial charge in [0.2, 0.25) is 11.1 Å². The molecule has 0 saturated heterocycles. The van der Waals surface area contributed by atoms with E-state index < -0.39 is 0 Å². The fraction of sp³-hybridized carbons (Fsp3) is 0.440. The number of carbonyl (C=O) groups excluding carboxylic acids is 1. The topological polar surface area (TPSA) is 91.1 Å². The van der Waals surface area contributed by atoms with Crippen molar-refractivity contribution in [2.24, 2.45) is 0 Å². The van der Waals surface area contributed by atoms with Gasteiger partial charge in [-0.15, -0.1) is 5.10 Å². The third-order valence-corrected chi connectivity index (χ3v) is 6.94. The van der Waals surface area contributed by atoms with Crippen molar-refractivity contribution in [3.8, 4) is 17.2 Å². The predicted molar refractivity (Wildman–Crippen MR) is 136 cm³/mol. The SMILES string of the molecule is COc1cc(OC)c(C2=CCN(C(=O)CCc3c(C)nc4nc(SC)nn4c3C)CC2)c(OC)c1. The summed E-state index contributed by atoms with van der Waals surface area (Å²) >= 11 is 1.49.